The van der Waals surface area contributed by atoms with Crippen molar-refractivity contribution in [2.45, 2.75) is 36.8 Å². The second-order valence-electron chi connectivity index (χ2n) is 7.85. The van der Waals surface area contributed by atoms with Crippen LogP contribution in [0, 0.1) is 0 Å². The minimum atomic E-state index is -3.46. The molecule has 0 amide bonds. The fourth-order valence-electron chi connectivity index (χ4n) is 3.63. The predicted octanol–water partition coefficient (Wildman–Crippen LogP) is 4.10. The first-order chi connectivity index (χ1) is 15.0. The van der Waals surface area contributed by atoms with E-state index in [0.29, 0.717) is 11.5 Å². The van der Waals surface area contributed by atoms with Crippen molar-refractivity contribution in [1.29, 1.82) is 0 Å². The first-order valence-electron chi connectivity index (χ1n) is 10.5. The van der Waals surface area contributed by atoms with Gasteiger partial charge in [-0.25, -0.2) is 13.1 Å². The molecule has 1 N–H and O–H groups in total. The van der Waals surface area contributed by atoms with E-state index in [1.807, 2.05) is 12.1 Å². The van der Waals surface area contributed by atoms with Crippen molar-refractivity contribution in [3.05, 3.63) is 66.4 Å². The van der Waals surface area contributed by atoms with E-state index in [4.69, 9.17) is 0 Å². The predicted molar refractivity (Wildman–Crippen MR) is 125 cm³/mol. The highest BCUT2D eigenvalue weighted by Gasteiger charge is 2.24. The number of hydrazone groups is 1. The van der Waals surface area contributed by atoms with Crippen molar-refractivity contribution in [3.8, 4) is 5.69 Å². The quantitative estimate of drug-likeness (QED) is 0.445. The molecule has 0 unspecified atom stereocenters. The van der Waals surface area contributed by atoms with E-state index in [0.717, 1.165) is 18.7 Å². The monoisotopic (exact) mass is 437 g/mol. The van der Waals surface area contributed by atoms with Crippen LogP contribution in [0.15, 0.2) is 70.8 Å². The van der Waals surface area contributed by atoms with Gasteiger partial charge in [0.1, 0.15) is 5.82 Å². The highest BCUT2D eigenvalue weighted by Crippen LogP contribution is 2.26. The van der Waals surface area contributed by atoms with Crippen LogP contribution in [0.25, 0.3) is 5.69 Å². The summed E-state index contributed by atoms with van der Waals surface area (Å²) in [5.74, 6) is 0.580. The number of nitrogens with one attached hydrogen (secondary N) is 1. The molecule has 1 aliphatic heterocycles. The first kappa shape index (κ1) is 21.1. The maximum Gasteiger partial charge on any atom is 0.182 e. The zero-order chi connectivity index (χ0) is 21.8. The molecule has 7 nitrogen and oxygen atoms in total. The summed E-state index contributed by atoms with van der Waals surface area (Å²) < 4.78 is 27.1. The van der Waals surface area contributed by atoms with Crippen LogP contribution in [0.1, 0.15) is 32.3 Å². The Bertz CT molecular complexity index is 1160. The number of aromatic nitrogens is 2. The molecule has 0 spiro atoms. The molecular weight excluding hydrogens is 410 g/mol. The van der Waals surface area contributed by atoms with Gasteiger partial charge in [-0.2, -0.15) is 10.2 Å². The molecule has 4 rings (SSSR count). The third-order valence-corrected chi connectivity index (χ3v) is 7.62. The molecule has 0 bridgehead atoms. The van der Waals surface area contributed by atoms with E-state index in [9.17, 15) is 8.42 Å². The SMILES string of the molecule is CC(C)S(=O)(=O)c1ccccc1-n1nccc1N/N=C/c1ccc(N2CCCC2)cc1. The number of rotatable bonds is 7. The van der Waals surface area contributed by atoms with Crippen molar-refractivity contribution in [1.82, 2.24) is 9.78 Å². The molecule has 0 saturated carbocycles. The summed E-state index contributed by atoms with van der Waals surface area (Å²) in [5.41, 5.74) is 5.69. The van der Waals surface area contributed by atoms with Crippen LogP contribution in [-0.2, 0) is 9.84 Å². The molecular formula is C23H27N5O2S. The maximum atomic E-state index is 12.8. The van der Waals surface area contributed by atoms with Crippen LogP contribution in [0.2, 0.25) is 0 Å². The van der Waals surface area contributed by atoms with Gasteiger partial charge < -0.3 is 4.90 Å². The summed E-state index contributed by atoms with van der Waals surface area (Å²) in [6.45, 7) is 5.58. The lowest BCUT2D eigenvalue weighted by Gasteiger charge is -2.17. The zero-order valence-electron chi connectivity index (χ0n) is 17.8. The number of hydrogen-bond donors (Lipinski definition) is 1. The van der Waals surface area contributed by atoms with Gasteiger partial charge in [-0.1, -0.05) is 24.3 Å². The summed E-state index contributed by atoms with van der Waals surface area (Å²) >= 11 is 0. The van der Waals surface area contributed by atoms with Crippen LogP contribution in [-0.4, -0.2) is 42.8 Å². The largest absolute Gasteiger partial charge is 0.372 e. The van der Waals surface area contributed by atoms with Gasteiger partial charge in [-0.15, -0.1) is 0 Å². The van der Waals surface area contributed by atoms with Gasteiger partial charge in [0, 0.05) is 24.8 Å². The molecule has 162 valence electrons. The molecule has 2 heterocycles. The molecule has 1 aromatic heterocycles. The average Bonchev–Trinajstić information content (AvgIpc) is 3.46. The molecule has 1 aliphatic rings. The fourth-order valence-corrected chi connectivity index (χ4v) is 4.85. The molecule has 1 saturated heterocycles. The Kier molecular flexibility index (Phi) is 6.08. The normalized spacial score (nSPS) is 14.6. The Labute approximate surface area is 183 Å². The van der Waals surface area contributed by atoms with Gasteiger partial charge in [0.2, 0.25) is 0 Å². The molecule has 8 heteroatoms. The van der Waals surface area contributed by atoms with Crippen LogP contribution in [0.4, 0.5) is 11.5 Å². The number of nitrogens with zero attached hydrogens (tertiary/aromatic N) is 4. The van der Waals surface area contributed by atoms with E-state index in [2.05, 4.69) is 32.7 Å². The topological polar surface area (TPSA) is 79.6 Å². The van der Waals surface area contributed by atoms with Gasteiger partial charge >= 0.3 is 0 Å². The van der Waals surface area contributed by atoms with Gasteiger partial charge in [0.25, 0.3) is 0 Å². The van der Waals surface area contributed by atoms with Crippen molar-refractivity contribution >= 4 is 27.6 Å². The summed E-state index contributed by atoms with van der Waals surface area (Å²) in [6, 6.07) is 16.9. The van der Waals surface area contributed by atoms with Gasteiger partial charge in [-0.05, 0) is 56.5 Å². The van der Waals surface area contributed by atoms with Crippen LogP contribution in [0.3, 0.4) is 0 Å². The number of sulfone groups is 1. The second-order valence-corrected chi connectivity index (χ2v) is 10.3. The third kappa shape index (κ3) is 4.49. The Morgan fingerprint density at radius 2 is 1.74 bits per heavy atom. The zero-order valence-corrected chi connectivity index (χ0v) is 18.6. The Morgan fingerprint density at radius 1 is 1.03 bits per heavy atom. The average molecular weight is 438 g/mol. The minimum Gasteiger partial charge on any atom is -0.372 e. The molecule has 0 atom stereocenters. The Hall–Kier alpha value is -3.13. The lowest BCUT2D eigenvalue weighted by atomic mass is 10.2. The van der Waals surface area contributed by atoms with Crippen LogP contribution >= 0.6 is 0 Å². The van der Waals surface area contributed by atoms with E-state index < -0.39 is 15.1 Å². The van der Waals surface area contributed by atoms with Gasteiger partial charge in [0.15, 0.2) is 9.84 Å². The van der Waals surface area contributed by atoms with Crippen molar-refractivity contribution in [3.63, 3.8) is 0 Å². The summed E-state index contributed by atoms with van der Waals surface area (Å²) in [7, 11) is -3.46. The maximum absolute atomic E-state index is 12.8. The lowest BCUT2D eigenvalue weighted by Crippen LogP contribution is -2.17. The first-order valence-corrected chi connectivity index (χ1v) is 12.0. The van der Waals surface area contributed by atoms with Crippen LogP contribution < -0.4 is 10.3 Å². The second kappa shape index (κ2) is 8.93. The van der Waals surface area contributed by atoms with Crippen molar-refractivity contribution < 1.29 is 8.42 Å². The summed E-state index contributed by atoms with van der Waals surface area (Å²) in [4.78, 5) is 2.64. The van der Waals surface area contributed by atoms with Crippen molar-refractivity contribution in [2.24, 2.45) is 5.10 Å². The molecule has 0 radical (unpaired) electrons. The number of hydrogen-bond acceptors (Lipinski definition) is 6. The molecule has 1 fully saturated rings. The molecule has 2 aromatic carbocycles. The highest BCUT2D eigenvalue weighted by atomic mass is 32.2. The van der Waals surface area contributed by atoms with E-state index in [1.54, 1.807) is 61.3 Å². The minimum absolute atomic E-state index is 0.248. The Morgan fingerprint density at radius 3 is 2.45 bits per heavy atom. The lowest BCUT2D eigenvalue weighted by molar-refractivity contribution is 0.586. The standard InChI is InChI=1S/C23H27N5O2S/c1-18(2)31(29,30)22-8-4-3-7-21(22)28-23(13-14-25-28)26-24-17-19-9-11-20(12-10-19)27-15-5-6-16-27/h3-4,7-14,17-18,26H,5-6,15-16H2,1-2H3/b24-17+. The molecule has 0 aliphatic carbocycles. The number of benzene rings is 2. The van der Waals surface area contributed by atoms with Crippen molar-refractivity contribution in [2.75, 3.05) is 23.4 Å². The number of para-hydroxylation sites is 1. The molecule has 31 heavy (non-hydrogen) atoms. The highest BCUT2D eigenvalue weighted by molar-refractivity contribution is 7.92. The summed E-state index contributed by atoms with van der Waals surface area (Å²) in [5, 5.41) is 8.11. The van der Waals surface area contributed by atoms with E-state index >= 15 is 0 Å². The van der Waals surface area contributed by atoms with Crippen LogP contribution in [0.5, 0.6) is 0 Å². The van der Waals surface area contributed by atoms with Gasteiger partial charge in [-0.3, -0.25) is 5.43 Å². The third-order valence-electron chi connectivity index (χ3n) is 5.42. The Balaban J connectivity index is 1.53. The molecule has 3 aromatic rings. The smallest absolute Gasteiger partial charge is 0.182 e. The number of anilines is 2. The van der Waals surface area contributed by atoms with Gasteiger partial charge in [0.05, 0.1) is 28.2 Å². The summed E-state index contributed by atoms with van der Waals surface area (Å²) in [6.07, 6.45) is 5.86. The van der Waals surface area contributed by atoms with E-state index in [-0.39, 0.29) is 4.90 Å². The van der Waals surface area contributed by atoms with E-state index in [1.165, 1.54) is 18.5 Å². The fraction of sp³-hybridized carbons (Fsp3) is 0.304.